The van der Waals surface area contributed by atoms with E-state index in [9.17, 15) is 0 Å². The first-order valence-electron chi connectivity index (χ1n) is 5.13. The number of halogens is 1. The lowest BCUT2D eigenvalue weighted by Gasteiger charge is -2.35. The smallest absolute Gasteiger partial charge is 0.127 e. The third kappa shape index (κ3) is 1.27. The van der Waals surface area contributed by atoms with Gasteiger partial charge in [-0.15, -0.1) is 0 Å². The van der Waals surface area contributed by atoms with Crippen LogP contribution >= 0.6 is 11.6 Å². The molecule has 0 atom stereocenters. The van der Waals surface area contributed by atoms with Crippen LogP contribution in [0, 0.1) is 0 Å². The molecule has 2 aromatic rings. The fourth-order valence-corrected chi connectivity index (χ4v) is 2.24. The average Bonchev–Trinajstić information content (AvgIpc) is 2.59. The summed E-state index contributed by atoms with van der Waals surface area (Å²) in [5.41, 5.74) is 7.75. The van der Waals surface area contributed by atoms with Crippen LogP contribution in [-0.2, 0) is 5.54 Å². The Morgan fingerprint density at radius 2 is 2.20 bits per heavy atom. The van der Waals surface area contributed by atoms with Crippen LogP contribution in [-0.4, -0.2) is 9.97 Å². The number of fused-ring (bicyclic) bond motifs is 1. The van der Waals surface area contributed by atoms with E-state index < -0.39 is 0 Å². The third-order valence-electron chi connectivity index (χ3n) is 3.18. The average molecular weight is 222 g/mol. The number of benzene rings is 1. The molecule has 0 amide bonds. The van der Waals surface area contributed by atoms with Crippen LogP contribution < -0.4 is 5.73 Å². The normalized spacial score (nSPS) is 19.1. The summed E-state index contributed by atoms with van der Waals surface area (Å²) in [5.74, 6) is 0.872. The number of imidazole rings is 1. The minimum atomic E-state index is -0.248. The molecule has 3 nitrogen and oxygen atoms in total. The maximum atomic E-state index is 6.20. The monoisotopic (exact) mass is 221 g/mol. The highest BCUT2D eigenvalue weighted by Crippen LogP contribution is 2.38. The van der Waals surface area contributed by atoms with Crippen LogP contribution in [0.25, 0.3) is 11.0 Å². The topological polar surface area (TPSA) is 54.7 Å². The molecule has 3 N–H and O–H groups in total. The van der Waals surface area contributed by atoms with Gasteiger partial charge in [0.05, 0.1) is 16.1 Å². The molecule has 1 aromatic heterocycles. The lowest BCUT2D eigenvalue weighted by Crippen LogP contribution is -2.44. The molecule has 0 saturated heterocycles. The van der Waals surface area contributed by atoms with Crippen LogP contribution in [0.2, 0.25) is 5.02 Å². The largest absolute Gasteiger partial charge is 0.340 e. The zero-order valence-electron chi connectivity index (χ0n) is 8.26. The van der Waals surface area contributed by atoms with Crippen LogP contribution in [0.5, 0.6) is 0 Å². The Morgan fingerprint density at radius 1 is 1.40 bits per heavy atom. The molecule has 0 radical (unpaired) electrons. The number of aromatic amines is 1. The third-order valence-corrected chi connectivity index (χ3v) is 3.49. The zero-order chi connectivity index (χ0) is 10.5. The van der Waals surface area contributed by atoms with Gasteiger partial charge in [0.2, 0.25) is 0 Å². The standard InChI is InChI=1S/C11H12ClN3/c12-7-3-1-4-8-9(7)15-10(14-8)11(13)5-2-6-11/h1,3-4H,2,5-6,13H2,(H,14,15). The Balaban J connectivity index is 2.18. The maximum Gasteiger partial charge on any atom is 0.127 e. The highest BCUT2D eigenvalue weighted by Gasteiger charge is 2.37. The van der Waals surface area contributed by atoms with E-state index in [1.807, 2.05) is 18.2 Å². The Morgan fingerprint density at radius 3 is 2.80 bits per heavy atom. The number of nitrogens with zero attached hydrogens (tertiary/aromatic N) is 1. The lowest BCUT2D eigenvalue weighted by atomic mass is 9.77. The molecule has 3 rings (SSSR count). The molecule has 1 saturated carbocycles. The highest BCUT2D eigenvalue weighted by molar-refractivity contribution is 6.34. The van der Waals surface area contributed by atoms with Crippen molar-refractivity contribution < 1.29 is 0 Å². The summed E-state index contributed by atoms with van der Waals surface area (Å²) in [6, 6.07) is 5.73. The predicted octanol–water partition coefficient (Wildman–Crippen LogP) is 2.55. The van der Waals surface area contributed by atoms with Gasteiger partial charge >= 0.3 is 0 Å². The number of aromatic nitrogens is 2. The van der Waals surface area contributed by atoms with Crippen LogP contribution in [0.4, 0.5) is 0 Å². The van der Waals surface area contributed by atoms with Crippen molar-refractivity contribution in [1.82, 2.24) is 9.97 Å². The Bertz CT molecular complexity index is 514. The number of rotatable bonds is 1. The molecule has 0 bridgehead atoms. The van der Waals surface area contributed by atoms with E-state index in [-0.39, 0.29) is 5.54 Å². The Hall–Kier alpha value is -1.06. The van der Waals surface area contributed by atoms with Crippen molar-refractivity contribution in [3.63, 3.8) is 0 Å². The van der Waals surface area contributed by atoms with Gasteiger partial charge in [0, 0.05) is 0 Å². The van der Waals surface area contributed by atoms with Crippen molar-refractivity contribution in [2.45, 2.75) is 24.8 Å². The van der Waals surface area contributed by atoms with Crippen molar-refractivity contribution in [3.8, 4) is 0 Å². The highest BCUT2D eigenvalue weighted by atomic mass is 35.5. The van der Waals surface area contributed by atoms with Crippen molar-refractivity contribution in [2.75, 3.05) is 0 Å². The minimum Gasteiger partial charge on any atom is -0.340 e. The van der Waals surface area contributed by atoms with Crippen LogP contribution in [0.15, 0.2) is 18.2 Å². The lowest BCUT2D eigenvalue weighted by molar-refractivity contribution is 0.240. The molecule has 0 aliphatic heterocycles. The Labute approximate surface area is 92.6 Å². The van der Waals surface area contributed by atoms with Crippen molar-refractivity contribution in [3.05, 3.63) is 29.0 Å². The Kier molecular flexibility index (Phi) is 1.82. The van der Waals surface area contributed by atoms with E-state index in [2.05, 4.69) is 9.97 Å². The summed E-state index contributed by atoms with van der Waals surface area (Å²) >= 11 is 6.06. The molecule has 1 aliphatic carbocycles. The van der Waals surface area contributed by atoms with Crippen molar-refractivity contribution in [1.29, 1.82) is 0 Å². The molecule has 1 aliphatic rings. The maximum absolute atomic E-state index is 6.20. The van der Waals surface area contributed by atoms with Gasteiger partial charge in [-0.2, -0.15) is 0 Å². The number of nitrogens with two attached hydrogens (primary N) is 1. The second kappa shape index (κ2) is 2.97. The summed E-state index contributed by atoms with van der Waals surface area (Å²) in [6.07, 6.45) is 3.19. The summed E-state index contributed by atoms with van der Waals surface area (Å²) < 4.78 is 0. The summed E-state index contributed by atoms with van der Waals surface area (Å²) in [4.78, 5) is 7.75. The first-order valence-corrected chi connectivity index (χ1v) is 5.50. The number of H-pyrrole nitrogens is 1. The van der Waals surface area contributed by atoms with Gasteiger partial charge in [-0.1, -0.05) is 17.7 Å². The summed E-state index contributed by atoms with van der Waals surface area (Å²) in [7, 11) is 0. The molecular weight excluding hydrogens is 210 g/mol. The van der Waals surface area contributed by atoms with Crippen molar-refractivity contribution in [2.24, 2.45) is 5.73 Å². The predicted molar refractivity (Wildman–Crippen MR) is 60.8 cm³/mol. The minimum absolute atomic E-state index is 0.248. The van der Waals surface area contributed by atoms with E-state index in [4.69, 9.17) is 17.3 Å². The molecule has 4 heteroatoms. The number of hydrogen-bond donors (Lipinski definition) is 2. The molecule has 0 spiro atoms. The summed E-state index contributed by atoms with van der Waals surface area (Å²) in [6.45, 7) is 0. The van der Waals surface area contributed by atoms with E-state index in [1.54, 1.807) is 0 Å². The first kappa shape index (κ1) is 9.19. The molecule has 78 valence electrons. The fourth-order valence-electron chi connectivity index (χ4n) is 2.03. The quantitative estimate of drug-likeness (QED) is 0.778. The van der Waals surface area contributed by atoms with E-state index >= 15 is 0 Å². The van der Waals surface area contributed by atoms with E-state index in [0.29, 0.717) is 5.02 Å². The summed E-state index contributed by atoms with van der Waals surface area (Å²) in [5, 5.41) is 0.679. The SMILES string of the molecule is NC1(c2nc3c(Cl)cccc3[nH]2)CCC1. The first-order chi connectivity index (χ1) is 7.19. The van der Waals surface area contributed by atoms with Gasteiger partial charge < -0.3 is 10.7 Å². The van der Waals surface area contributed by atoms with Gasteiger partial charge in [0.25, 0.3) is 0 Å². The van der Waals surface area contributed by atoms with E-state index in [1.165, 1.54) is 6.42 Å². The van der Waals surface area contributed by atoms with Crippen LogP contribution in [0.1, 0.15) is 25.1 Å². The molecule has 1 aromatic carbocycles. The van der Waals surface area contributed by atoms with Crippen molar-refractivity contribution >= 4 is 22.6 Å². The second-order valence-electron chi connectivity index (χ2n) is 4.23. The van der Waals surface area contributed by atoms with E-state index in [0.717, 1.165) is 29.7 Å². The second-order valence-corrected chi connectivity index (χ2v) is 4.64. The number of nitrogens with one attached hydrogen (secondary N) is 1. The molecular formula is C11H12ClN3. The fraction of sp³-hybridized carbons (Fsp3) is 0.364. The van der Waals surface area contributed by atoms with Gasteiger partial charge in [-0.05, 0) is 31.4 Å². The van der Waals surface area contributed by atoms with Gasteiger partial charge in [0.1, 0.15) is 11.3 Å². The molecule has 0 unspecified atom stereocenters. The van der Waals surface area contributed by atoms with Crippen LogP contribution in [0.3, 0.4) is 0 Å². The zero-order valence-corrected chi connectivity index (χ0v) is 9.01. The van der Waals surface area contributed by atoms with Gasteiger partial charge in [-0.3, -0.25) is 0 Å². The van der Waals surface area contributed by atoms with Gasteiger partial charge in [0.15, 0.2) is 0 Å². The molecule has 1 heterocycles. The molecule has 1 fully saturated rings. The molecule has 15 heavy (non-hydrogen) atoms. The number of hydrogen-bond acceptors (Lipinski definition) is 2. The number of para-hydroxylation sites is 1. The van der Waals surface area contributed by atoms with Gasteiger partial charge in [-0.25, -0.2) is 4.98 Å².